The Morgan fingerprint density at radius 1 is 1.16 bits per heavy atom. The summed E-state index contributed by atoms with van der Waals surface area (Å²) < 4.78 is 27.1. The monoisotopic (exact) mass is 367 g/mol. The predicted octanol–water partition coefficient (Wildman–Crippen LogP) is 1.52. The first-order valence-electron chi connectivity index (χ1n) is 8.83. The third-order valence-electron chi connectivity index (χ3n) is 4.83. The highest BCUT2D eigenvalue weighted by atomic mass is 32.2. The number of benzene rings is 1. The molecule has 25 heavy (non-hydrogen) atoms. The van der Waals surface area contributed by atoms with E-state index in [-0.39, 0.29) is 11.9 Å². The fourth-order valence-corrected chi connectivity index (χ4v) is 4.28. The zero-order valence-electron chi connectivity index (χ0n) is 15.6. The first-order valence-corrected chi connectivity index (χ1v) is 10.3. The van der Waals surface area contributed by atoms with Crippen molar-refractivity contribution < 1.29 is 13.2 Å². The summed E-state index contributed by atoms with van der Waals surface area (Å²) in [5, 5.41) is 2.94. The number of carbonyl (C=O) groups is 1. The molecule has 1 N–H and O–H groups in total. The van der Waals surface area contributed by atoms with E-state index in [1.807, 2.05) is 38.7 Å². The quantitative estimate of drug-likeness (QED) is 0.828. The fourth-order valence-electron chi connectivity index (χ4n) is 2.78. The predicted molar refractivity (Wildman–Crippen MR) is 99.0 cm³/mol. The summed E-state index contributed by atoms with van der Waals surface area (Å²) in [5.74, 6) is -0.000170. The molecule has 1 heterocycles. The van der Waals surface area contributed by atoms with E-state index in [2.05, 4.69) is 5.32 Å². The van der Waals surface area contributed by atoms with Crippen molar-refractivity contribution in [1.82, 2.24) is 14.5 Å². The van der Waals surface area contributed by atoms with Gasteiger partial charge in [-0.1, -0.05) is 13.0 Å². The van der Waals surface area contributed by atoms with Gasteiger partial charge in [0.05, 0.1) is 11.4 Å². The lowest BCUT2D eigenvalue weighted by Gasteiger charge is -2.33. The Labute approximate surface area is 151 Å². The third kappa shape index (κ3) is 5.03. The molecule has 0 saturated carbocycles. The molecule has 1 atom stereocenters. The third-order valence-corrected chi connectivity index (χ3v) is 6.73. The van der Waals surface area contributed by atoms with Gasteiger partial charge in [-0.05, 0) is 50.5 Å². The molecule has 2 rings (SSSR count). The second-order valence-corrected chi connectivity index (χ2v) is 8.74. The number of carbonyl (C=O) groups excluding carboxylic acids is 1. The first-order chi connectivity index (χ1) is 11.7. The van der Waals surface area contributed by atoms with E-state index in [0.717, 1.165) is 17.5 Å². The number of sulfonamides is 1. The van der Waals surface area contributed by atoms with E-state index in [1.165, 1.54) is 4.31 Å². The van der Waals surface area contributed by atoms with Crippen LogP contribution in [0.3, 0.4) is 0 Å². The van der Waals surface area contributed by atoms with Gasteiger partial charge in [0.1, 0.15) is 0 Å². The van der Waals surface area contributed by atoms with Gasteiger partial charge in [-0.15, -0.1) is 0 Å². The molecule has 1 saturated heterocycles. The smallest absolute Gasteiger partial charge is 0.243 e. The molecule has 0 aliphatic carbocycles. The van der Waals surface area contributed by atoms with E-state index in [9.17, 15) is 13.2 Å². The molecule has 1 fully saturated rings. The molecule has 7 heteroatoms. The van der Waals surface area contributed by atoms with Gasteiger partial charge in [-0.25, -0.2) is 8.42 Å². The van der Waals surface area contributed by atoms with E-state index >= 15 is 0 Å². The number of rotatable bonds is 6. The first kappa shape index (κ1) is 19.9. The molecule has 0 spiro atoms. The minimum atomic E-state index is -3.47. The Morgan fingerprint density at radius 3 is 2.36 bits per heavy atom. The van der Waals surface area contributed by atoms with E-state index < -0.39 is 10.0 Å². The van der Waals surface area contributed by atoms with Crippen LogP contribution in [-0.4, -0.2) is 62.3 Å². The largest absolute Gasteiger partial charge is 0.353 e. The summed E-state index contributed by atoms with van der Waals surface area (Å²) >= 11 is 0. The lowest BCUT2D eigenvalue weighted by molar-refractivity contribution is -0.123. The summed E-state index contributed by atoms with van der Waals surface area (Å²) in [7, 11) is -3.47. The van der Waals surface area contributed by atoms with Crippen molar-refractivity contribution in [3.63, 3.8) is 0 Å². The van der Waals surface area contributed by atoms with Crippen LogP contribution in [-0.2, 0) is 14.8 Å². The van der Waals surface area contributed by atoms with Crippen molar-refractivity contribution in [1.29, 1.82) is 0 Å². The van der Waals surface area contributed by atoms with Gasteiger partial charge >= 0.3 is 0 Å². The fraction of sp³-hybridized carbons (Fsp3) is 0.611. The molecule has 1 aliphatic heterocycles. The molecule has 6 nitrogen and oxygen atoms in total. The number of hydrogen-bond donors (Lipinski definition) is 1. The maximum atomic E-state index is 12.8. The van der Waals surface area contributed by atoms with Crippen LogP contribution in [0.15, 0.2) is 23.1 Å². The van der Waals surface area contributed by atoms with Crippen LogP contribution in [0.1, 0.15) is 31.4 Å². The van der Waals surface area contributed by atoms with Gasteiger partial charge in [0.2, 0.25) is 15.9 Å². The number of hydrogen-bond acceptors (Lipinski definition) is 4. The maximum absolute atomic E-state index is 12.8. The van der Waals surface area contributed by atoms with E-state index in [1.54, 1.807) is 12.1 Å². The molecular weight excluding hydrogens is 338 g/mol. The lowest BCUT2D eigenvalue weighted by atomic mass is 10.1. The van der Waals surface area contributed by atoms with E-state index in [0.29, 0.717) is 37.6 Å². The molecule has 1 unspecified atom stereocenters. The van der Waals surface area contributed by atoms with Crippen LogP contribution >= 0.6 is 0 Å². The van der Waals surface area contributed by atoms with Crippen LogP contribution in [0.4, 0.5) is 0 Å². The molecule has 1 amide bonds. The maximum Gasteiger partial charge on any atom is 0.243 e. The Hall–Kier alpha value is -1.44. The van der Waals surface area contributed by atoms with Crippen LogP contribution in [0, 0.1) is 13.8 Å². The summed E-state index contributed by atoms with van der Waals surface area (Å²) in [6, 6.07) is 5.41. The van der Waals surface area contributed by atoms with Crippen molar-refractivity contribution in [2.24, 2.45) is 0 Å². The molecule has 0 bridgehead atoms. The molecule has 0 aromatic heterocycles. The van der Waals surface area contributed by atoms with Crippen molar-refractivity contribution in [2.45, 2.75) is 45.1 Å². The molecule has 1 aromatic rings. The Morgan fingerprint density at radius 2 is 1.80 bits per heavy atom. The summed E-state index contributed by atoms with van der Waals surface area (Å²) in [4.78, 5) is 14.3. The summed E-state index contributed by atoms with van der Waals surface area (Å²) in [5.41, 5.74) is 2.05. The zero-order valence-corrected chi connectivity index (χ0v) is 16.4. The highest BCUT2D eigenvalue weighted by Crippen LogP contribution is 2.20. The van der Waals surface area contributed by atoms with Crippen LogP contribution in [0.5, 0.6) is 0 Å². The molecule has 140 valence electrons. The summed E-state index contributed by atoms with van der Waals surface area (Å²) in [6.07, 6.45) is 0.897. The van der Waals surface area contributed by atoms with Crippen LogP contribution in [0.25, 0.3) is 0 Å². The molecular formula is C18H29N3O3S. The average Bonchev–Trinajstić information content (AvgIpc) is 2.57. The number of nitrogens with zero attached hydrogens (tertiary/aromatic N) is 2. The number of amides is 1. The molecule has 1 aliphatic rings. The lowest BCUT2D eigenvalue weighted by Crippen LogP contribution is -2.51. The van der Waals surface area contributed by atoms with Crippen molar-refractivity contribution >= 4 is 15.9 Å². The molecule has 0 radical (unpaired) electrons. The van der Waals surface area contributed by atoms with Gasteiger partial charge in [-0.2, -0.15) is 4.31 Å². The van der Waals surface area contributed by atoms with Gasteiger partial charge in [-0.3, -0.25) is 9.69 Å². The van der Waals surface area contributed by atoms with Crippen molar-refractivity contribution in [2.75, 3.05) is 32.7 Å². The average molecular weight is 368 g/mol. The minimum Gasteiger partial charge on any atom is -0.353 e. The summed E-state index contributed by atoms with van der Waals surface area (Å²) in [6.45, 7) is 10.2. The Balaban J connectivity index is 1.94. The SMILES string of the molecule is CCC(C)NC(=O)CN1CCN(S(=O)(=O)c2ccc(C)c(C)c2)CC1. The highest BCUT2D eigenvalue weighted by molar-refractivity contribution is 7.89. The van der Waals surface area contributed by atoms with Gasteiger partial charge < -0.3 is 5.32 Å². The minimum absolute atomic E-state index is 0.000170. The standard InChI is InChI=1S/C18H29N3O3S/c1-5-16(4)19-18(22)13-20-8-10-21(11-9-20)25(23,24)17-7-6-14(2)15(3)12-17/h6-7,12,16H,5,8-11,13H2,1-4H3,(H,19,22). The van der Waals surface area contributed by atoms with Crippen molar-refractivity contribution in [3.05, 3.63) is 29.3 Å². The number of piperazine rings is 1. The Bertz CT molecular complexity index is 710. The van der Waals surface area contributed by atoms with Gasteiger partial charge in [0.25, 0.3) is 0 Å². The Kier molecular flexibility index (Phi) is 6.59. The second-order valence-electron chi connectivity index (χ2n) is 6.80. The van der Waals surface area contributed by atoms with E-state index in [4.69, 9.17) is 0 Å². The van der Waals surface area contributed by atoms with Crippen LogP contribution < -0.4 is 5.32 Å². The number of aryl methyl sites for hydroxylation is 2. The van der Waals surface area contributed by atoms with Gasteiger partial charge in [0.15, 0.2) is 0 Å². The second kappa shape index (κ2) is 8.29. The van der Waals surface area contributed by atoms with Crippen LogP contribution in [0.2, 0.25) is 0 Å². The van der Waals surface area contributed by atoms with Crippen molar-refractivity contribution in [3.8, 4) is 0 Å². The number of nitrogens with one attached hydrogen (secondary N) is 1. The molecule has 1 aromatic carbocycles. The van der Waals surface area contributed by atoms with Gasteiger partial charge in [0, 0.05) is 32.2 Å². The topological polar surface area (TPSA) is 69.7 Å². The normalized spacial score (nSPS) is 18.1. The zero-order chi connectivity index (χ0) is 18.6. The highest BCUT2D eigenvalue weighted by Gasteiger charge is 2.29.